The van der Waals surface area contributed by atoms with E-state index in [-0.39, 0.29) is 23.6 Å². The van der Waals surface area contributed by atoms with Gasteiger partial charge in [0.15, 0.2) is 0 Å². The van der Waals surface area contributed by atoms with Crippen LogP contribution in [0.3, 0.4) is 0 Å². The molecule has 6 nitrogen and oxygen atoms in total. The smallest absolute Gasteiger partial charge is 0.251 e. The lowest BCUT2D eigenvalue weighted by Gasteiger charge is -2.30. The van der Waals surface area contributed by atoms with Gasteiger partial charge in [-0.15, -0.1) is 0 Å². The topological polar surface area (TPSA) is 78.5 Å². The zero-order chi connectivity index (χ0) is 13.1. The van der Waals surface area contributed by atoms with E-state index in [1.54, 1.807) is 0 Å². The van der Waals surface area contributed by atoms with E-state index in [1.165, 1.54) is 7.05 Å². The quantitative estimate of drug-likeness (QED) is 0.635. The summed E-state index contributed by atoms with van der Waals surface area (Å²) in [5.74, 6) is -0.619. The van der Waals surface area contributed by atoms with Crippen molar-refractivity contribution in [3.63, 3.8) is 0 Å². The minimum Gasteiger partial charge on any atom is -0.344 e. The number of carbonyl (C=O) groups is 3. The highest BCUT2D eigenvalue weighted by molar-refractivity contribution is 6.01. The Morgan fingerprint density at radius 2 is 2.17 bits per heavy atom. The molecule has 2 heterocycles. The Labute approximate surface area is 106 Å². The highest BCUT2D eigenvalue weighted by atomic mass is 16.2. The largest absolute Gasteiger partial charge is 0.344 e. The fraction of sp³-hybridized carbons (Fsp3) is 0.750. The van der Waals surface area contributed by atoms with Crippen molar-refractivity contribution in [1.29, 1.82) is 0 Å². The Hall–Kier alpha value is -1.43. The van der Waals surface area contributed by atoms with Crippen LogP contribution in [0.4, 0.5) is 0 Å². The second-order valence-corrected chi connectivity index (χ2v) is 4.93. The van der Waals surface area contributed by atoms with Crippen LogP contribution in [-0.4, -0.2) is 48.8 Å². The summed E-state index contributed by atoms with van der Waals surface area (Å²) in [5, 5.41) is 5.94. The van der Waals surface area contributed by atoms with Crippen LogP contribution in [0.25, 0.3) is 0 Å². The Bertz CT molecular complexity index is 364. The van der Waals surface area contributed by atoms with E-state index in [2.05, 4.69) is 10.6 Å². The Morgan fingerprint density at radius 1 is 1.39 bits per heavy atom. The summed E-state index contributed by atoms with van der Waals surface area (Å²) in [6.07, 6.45) is 2.56. The first kappa shape index (κ1) is 13.0. The predicted molar refractivity (Wildman–Crippen MR) is 64.5 cm³/mol. The van der Waals surface area contributed by atoms with Gasteiger partial charge in [-0.05, 0) is 25.8 Å². The molecule has 2 aliphatic rings. The minimum atomic E-state index is -0.540. The zero-order valence-corrected chi connectivity index (χ0v) is 10.6. The number of rotatable bonds is 2. The fourth-order valence-electron chi connectivity index (χ4n) is 2.41. The molecule has 2 N–H and O–H groups in total. The van der Waals surface area contributed by atoms with Gasteiger partial charge in [0.2, 0.25) is 11.8 Å². The second-order valence-electron chi connectivity index (χ2n) is 4.93. The molecule has 0 aliphatic carbocycles. The number of amides is 3. The lowest BCUT2D eigenvalue weighted by molar-refractivity contribution is -0.149. The zero-order valence-electron chi connectivity index (χ0n) is 10.6. The summed E-state index contributed by atoms with van der Waals surface area (Å²) in [6.45, 7) is 1.62. The number of hydrogen-bond acceptors (Lipinski definition) is 4. The van der Waals surface area contributed by atoms with Crippen molar-refractivity contribution in [1.82, 2.24) is 15.5 Å². The van der Waals surface area contributed by atoms with Crippen LogP contribution in [0.2, 0.25) is 0 Å². The summed E-state index contributed by atoms with van der Waals surface area (Å²) < 4.78 is 0. The van der Waals surface area contributed by atoms with E-state index in [0.717, 1.165) is 24.3 Å². The molecule has 0 saturated carbocycles. The van der Waals surface area contributed by atoms with Crippen LogP contribution in [0.5, 0.6) is 0 Å². The van der Waals surface area contributed by atoms with Gasteiger partial charge in [0, 0.05) is 20.0 Å². The van der Waals surface area contributed by atoms with Crippen molar-refractivity contribution in [3.05, 3.63) is 0 Å². The van der Waals surface area contributed by atoms with E-state index in [9.17, 15) is 14.4 Å². The maximum absolute atomic E-state index is 12.0. The molecule has 6 heteroatoms. The maximum Gasteiger partial charge on any atom is 0.251 e. The van der Waals surface area contributed by atoms with Crippen molar-refractivity contribution in [2.45, 2.75) is 31.7 Å². The van der Waals surface area contributed by atoms with Crippen molar-refractivity contribution in [2.24, 2.45) is 5.92 Å². The number of likely N-dealkylation sites (N-methyl/N-ethyl adjacent to an activating group) is 1. The third-order valence-corrected chi connectivity index (χ3v) is 3.63. The average molecular weight is 253 g/mol. The van der Waals surface area contributed by atoms with E-state index in [4.69, 9.17) is 0 Å². The highest BCUT2D eigenvalue weighted by Gasteiger charge is 2.34. The number of imide groups is 1. The number of nitrogens with one attached hydrogen (secondary N) is 2. The SMILES string of the molecule is CN1C(=O)CCC(NC(=O)[C@H]2CCCNC2)C1=O. The lowest BCUT2D eigenvalue weighted by atomic mass is 9.97. The molecule has 2 aliphatic heterocycles. The Balaban J connectivity index is 1.90. The van der Waals surface area contributed by atoms with Crippen molar-refractivity contribution >= 4 is 17.7 Å². The van der Waals surface area contributed by atoms with Crippen LogP contribution < -0.4 is 10.6 Å². The molecule has 100 valence electrons. The molecule has 2 fully saturated rings. The lowest BCUT2D eigenvalue weighted by Crippen LogP contribution is -2.54. The molecule has 0 aromatic heterocycles. The molecule has 0 radical (unpaired) electrons. The van der Waals surface area contributed by atoms with Crippen LogP contribution in [-0.2, 0) is 14.4 Å². The van der Waals surface area contributed by atoms with Gasteiger partial charge in [0.25, 0.3) is 5.91 Å². The number of piperidine rings is 2. The van der Waals surface area contributed by atoms with E-state index in [1.807, 2.05) is 0 Å². The molecule has 2 rings (SSSR count). The van der Waals surface area contributed by atoms with Gasteiger partial charge in [0.1, 0.15) is 6.04 Å². The first-order valence-corrected chi connectivity index (χ1v) is 6.41. The number of likely N-dealkylation sites (tertiary alicyclic amines) is 1. The standard InChI is InChI=1S/C12H19N3O3/c1-15-10(16)5-4-9(12(15)18)14-11(17)8-3-2-6-13-7-8/h8-9,13H,2-7H2,1H3,(H,14,17)/t8-,9?/m0/s1. The first-order valence-electron chi connectivity index (χ1n) is 6.41. The fourth-order valence-corrected chi connectivity index (χ4v) is 2.41. The van der Waals surface area contributed by atoms with Crippen LogP contribution >= 0.6 is 0 Å². The number of carbonyl (C=O) groups excluding carboxylic acids is 3. The van der Waals surface area contributed by atoms with Crippen LogP contribution in [0.1, 0.15) is 25.7 Å². The summed E-state index contributed by atoms with van der Waals surface area (Å²) in [7, 11) is 1.46. The third-order valence-electron chi connectivity index (χ3n) is 3.63. The maximum atomic E-state index is 12.0. The van der Waals surface area contributed by atoms with Gasteiger partial charge >= 0.3 is 0 Å². The predicted octanol–water partition coefficient (Wildman–Crippen LogP) is -0.750. The van der Waals surface area contributed by atoms with E-state index < -0.39 is 6.04 Å². The molecule has 18 heavy (non-hydrogen) atoms. The normalized spacial score (nSPS) is 29.3. The average Bonchev–Trinajstić information content (AvgIpc) is 2.40. The summed E-state index contributed by atoms with van der Waals surface area (Å²) in [4.78, 5) is 36.2. The molecular formula is C12H19N3O3. The molecule has 2 saturated heterocycles. The van der Waals surface area contributed by atoms with E-state index >= 15 is 0 Å². The van der Waals surface area contributed by atoms with Gasteiger partial charge in [-0.3, -0.25) is 19.3 Å². The van der Waals surface area contributed by atoms with Gasteiger partial charge in [-0.2, -0.15) is 0 Å². The van der Waals surface area contributed by atoms with Crippen molar-refractivity contribution in [2.75, 3.05) is 20.1 Å². The first-order chi connectivity index (χ1) is 8.59. The molecule has 0 bridgehead atoms. The van der Waals surface area contributed by atoms with Gasteiger partial charge in [-0.25, -0.2) is 0 Å². The third kappa shape index (κ3) is 2.69. The summed E-state index contributed by atoms with van der Waals surface area (Å²) >= 11 is 0. The van der Waals surface area contributed by atoms with Crippen LogP contribution in [0.15, 0.2) is 0 Å². The molecule has 0 aromatic rings. The molecule has 0 aromatic carbocycles. The molecule has 3 amide bonds. The monoisotopic (exact) mass is 253 g/mol. The van der Waals surface area contributed by atoms with Gasteiger partial charge < -0.3 is 10.6 Å². The second kappa shape index (κ2) is 5.48. The minimum absolute atomic E-state index is 0.0607. The Morgan fingerprint density at radius 3 is 2.83 bits per heavy atom. The highest BCUT2D eigenvalue weighted by Crippen LogP contribution is 2.14. The molecular weight excluding hydrogens is 234 g/mol. The number of nitrogens with zero attached hydrogens (tertiary/aromatic N) is 1. The van der Waals surface area contributed by atoms with Crippen molar-refractivity contribution < 1.29 is 14.4 Å². The molecule has 1 unspecified atom stereocenters. The molecule has 2 atom stereocenters. The van der Waals surface area contributed by atoms with E-state index in [0.29, 0.717) is 19.4 Å². The summed E-state index contributed by atoms with van der Waals surface area (Å²) in [5.41, 5.74) is 0. The van der Waals surface area contributed by atoms with Crippen molar-refractivity contribution in [3.8, 4) is 0 Å². The number of hydrogen-bond donors (Lipinski definition) is 2. The van der Waals surface area contributed by atoms with Crippen LogP contribution in [0, 0.1) is 5.92 Å². The van der Waals surface area contributed by atoms with Gasteiger partial charge in [-0.1, -0.05) is 0 Å². The molecule has 0 spiro atoms. The summed E-state index contributed by atoms with van der Waals surface area (Å²) in [6, 6.07) is -0.540. The Kier molecular flexibility index (Phi) is 3.96. The van der Waals surface area contributed by atoms with Gasteiger partial charge in [0.05, 0.1) is 5.92 Å².